The Labute approximate surface area is 96.8 Å². The molecule has 17 heavy (non-hydrogen) atoms. The van der Waals surface area contributed by atoms with Crippen molar-refractivity contribution in [2.24, 2.45) is 11.7 Å². The van der Waals surface area contributed by atoms with Gasteiger partial charge in [-0.25, -0.2) is 8.42 Å². The summed E-state index contributed by atoms with van der Waals surface area (Å²) in [5.41, 5.74) is -0.356. The van der Waals surface area contributed by atoms with Crippen LogP contribution in [0.3, 0.4) is 0 Å². The molecule has 1 rings (SSSR count). The van der Waals surface area contributed by atoms with Crippen LogP contribution in [0.15, 0.2) is 0 Å². The summed E-state index contributed by atoms with van der Waals surface area (Å²) in [5.74, 6) is -1.07. The highest BCUT2D eigenvalue weighted by molar-refractivity contribution is 7.90. The predicted molar refractivity (Wildman–Crippen MR) is 53.1 cm³/mol. The highest BCUT2D eigenvalue weighted by Crippen LogP contribution is 2.30. The van der Waals surface area contributed by atoms with Gasteiger partial charge in [-0.15, -0.1) is 0 Å². The number of primary amides is 1. The SMILES string of the molecule is NC(=O)C[C@@H]1CCCN(S(=O)(=O)C(F)(F)F)C1. The number of sulfonamides is 1. The van der Waals surface area contributed by atoms with Crippen LogP contribution < -0.4 is 5.73 Å². The maximum atomic E-state index is 12.3. The van der Waals surface area contributed by atoms with Gasteiger partial charge in [0.1, 0.15) is 0 Å². The van der Waals surface area contributed by atoms with Crippen molar-refractivity contribution < 1.29 is 26.4 Å². The summed E-state index contributed by atoms with van der Waals surface area (Å²) in [7, 11) is -5.29. The minimum Gasteiger partial charge on any atom is -0.370 e. The maximum Gasteiger partial charge on any atom is 0.511 e. The van der Waals surface area contributed by atoms with Gasteiger partial charge in [-0.3, -0.25) is 4.79 Å². The Morgan fingerprint density at radius 3 is 2.47 bits per heavy atom. The van der Waals surface area contributed by atoms with Crippen LogP contribution in [0.1, 0.15) is 19.3 Å². The second-order valence-electron chi connectivity index (χ2n) is 3.99. The van der Waals surface area contributed by atoms with Gasteiger partial charge >= 0.3 is 15.5 Å². The average Bonchev–Trinajstić information content (AvgIpc) is 2.15. The van der Waals surface area contributed by atoms with Crippen LogP contribution in [-0.4, -0.2) is 37.2 Å². The number of nitrogens with two attached hydrogens (primary N) is 1. The van der Waals surface area contributed by atoms with Crippen molar-refractivity contribution in [2.45, 2.75) is 24.8 Å². The van der Waals surface area contributed by atoms with Crippen molar-refractivity contribution in [1.29, 1.82) is 0 Å². The number of nitrogens with zero attached hydrogens (tertiary/aromatic N) is 1. The number of amides is 1. The Hall–Kier alpha value is -0.830. The summed E-state index contributed by atoms with van der Waals surface area (Å²) >= 11 is 0. The van der Waals surface area contributed by atoms with Gasteiger partial charge < -0.3 is 5.73 Å². The second kappa shape index (κ2) is 4.81. The van der Waals surface area contributed by atoms with Crippen molar-refractivity contribution >= 4 is 15.9 Å². The largest absolute Gasteiger partial charge is 0.511 e. The van der Waals surface area contributed by atoms with E-state index in [1.165, 1.54) is 0 Å². The molecule has 0 aromatic carbocycles. The van der Waals surface area contributed by atoms with Gasteiger partial charge in [-0.1, -0.05) is 0 Å². The fourth-order valence-electron chi connectivity index (χ4n) is 1.84. The molecule has 0 spiro atoms. The van der Waals surface area contributed by atoms with E-state index in [1.807, 2.05) is 0 Å². The number of carbonyl (C=O) groups is 1. The molecule has 0 unspecified atom stereocenters. The number of piperidine rings is 1. The van der Waals surface area contributed by atoms with Crippen LogP contribution in [0.25, 0.3) is 0 Å². The van der Waals surface area contributed by atoms with E-state index in [2.05, 4.69) is 0 Å². The molecule has 5 nitrogen and oxygen atoms in total. The first-order valence-electron chi connectivity index (χ1n) is 4.99. The first-order valence-corrected chi connectivity index (χ1v) is 6.43. The zero-order valence-electron chi connectivity index (χ0n) is 8.90. The van der Waals surface area contributed by atoms with E-state index in [-0.39, 0.29) is 19.5 Å². The van der Waals surface area contributed by atoms with Gasteiger partial charge in [0.25, 0.3) is 0 Å². The number of hydrogen-bond acceptors (Lipinski definition) is 3. The summed E-state index contributed by atoms with van der Waals surface area (Å²) in [6, 6.07) is 0. The lowest BCUT2D eigenvalue weighted by atomic mass is 9.96. The standard InChI is InChI=1S/C8H13F3N2O3S/c9-8(10,11)17(15,16)13-3-1-2-6(5-13)4-7(12)14/h6H,1-5H2,(H2,12,14)/t6-/m0/s1. The molecule has 0 aromatic rings. The zero-order valence-corrected chi connectivity index (χ0v) is 9.72. The molecule has 1 heterocycles. The molecule has 0 saturated carbocycles. The van der Waals surface area contributed by atoms with Gasteiger partial charge in [0.15, 0.2) is 0 Å². The third-order valence-electron chi connectivity index (χ3n) is 2.60. The fraction of sp³-hybridized carbons (Fsp3) is 0.875. The van der Waals surface area contributed by atoms with E-state index in [0.717, 1.165) is 0 Å². The Balaban J connectivity index is 2.77. The molecule has 2 N–H and O–H groups in total. The summed E-state index contributed by atoms with van der Waals surface area (Å²) in [4.78, 5) is 10.7. The Morgan fingerprint density at radius 1 is 1.41 bits per heavy atom. The van der Waals surface area contributed by atoms with Crippen LogP contribution in [0.5, 0.6) is 0 Å². The lowest BCUT2D eigenvalue weighted by Gasteiger charge is -2.31. The van der Waals surface area contributed by atoms with E-state index >= 15 is 0 Å². The van der Waals surface area contributed by atoms with Crippen LogP contribution in [0.2, 0.25) is 0 Å². The topological polar surface area (TPSA) is 80.5 Å². The molecule has 1 fully saturated rings. The Kier molecular flexibility index (Phi) is 4.03. The molecule has 1 atom stereocenters. The smallest absolute Gasteiger partial charge is 0.370 e. The van der Waals surface area contributed by atoms with Crippen molar-refractivity contribution in [3.63, 3.8) is 0 Å². The number of rotatable bonds is 3. The minimum absolute atomic E-state index is 0.0934. The Bertz CT molecular complexity index is 393. The molecule has 0 aromatic heterocycles. The van der Waals surface area contributed by atoms with Gasteiger partial charge in [-0.2, -0.15) is 17.5 Å². The third kappa shape index (κ3) is 3.32. The fourth-order valence-corrected chi connectivity index (χ4v) is 2.91. The highest BCUT2D eigenvalue weighted by Gasteiger charge is 2.50. The first kappa shape index (κ1) is 14.2. The summed E-state index contributed by atoms with van der Waals surface area (Å²) in [6.45, 7) is -0.470. The van der Waals surface area contributed by atoms with Gasteiger partial charge in [0.05, 0.1) is 0 Å². The van der Waals surface area contributed by atoms with Crippen molar-refractivity contribution in [1.82, 2.24) is 4.31 Å². The minimum atomic E-state index is -5.29. The molecule has 0 aliphatic carbocycles. The van der Waals surface area contributed by atoms with Crippen molar-refractivity contribution in [2.75, 3.05) is 13.1 Å². The monoisotopic (exact) mass is 274 g/mol. The lowest BCUT2D eigenvalue weighted by molar-refractivity contribution is -0.119. The molecular formula is C8H13F3N2O3S. The zero-order chi connectivity index (χ0) is 13.3. The van der Waals surface area contributed by atoms with Crippen LogP contribution in [-0.2, 0) is 14.8 Å². The molecule has 1 saturated heterocycles. The van der Waals surface area contributed by atoms with Gasteiger partial charge in [0.2, 0.25) is 5.91 Å². The molecule has 0 bridgehead atoms. The molecular weight excluding hydrogens is 261 g/mol. The van der Waals surface area contributed by atoms with Crippen LogP contribution >= 0.6 is 0 Å². The van der Waals surface area contributed by atoms with Crippen LogP contribution in [0, 0.1) is 5.92 Å². The molecule has 1 aliphatic heterocycles. The van der Waals surface area contributed by atoms with Crippen LogP contribution in [0.4, 0.5) is 13.2 Å². The number of halogens is 3. The second-order valence-corrected chi connectivity index (χ2v) is 5.92. The molecule has 1 aliphatic rings. The van der Waals surface area contributed by atoms with Gasteiger partial charge in [0, 0.05) is 19.5 Å². The van der Waals surface area contributed by atoms with E-state index in [1.54, 1.807) is 0 Å². The number of hydrogen-bond donors (Lipinski definition) is 1. The van der Waals surface area contributed by atoms with Gasteiger partial charge in [-0.05, 0) is 18.8 Å². The molecule has 100 valence electrons. The van der Waals surface area contributed by atoms with E-state index in [9.17, 15) is 26.4 Å². The summed E-state index contributed by atoms with van der Waals surface area (Å²) in [5, 5.41) is 0. The third-order valence-corrected chi connectivity index (χ3v) is 4.20. The van der Waals surface area contributed by atoms with E-state index < -0.39 is 27.4 Å². The Morgan fingerprint density at radius 2 is 2.00 bits per heavy atom. The highest BCUT2D eigenvalue weighted by atomic mass is 32.2. The van der Waals surface area contributed by atoms with Crippen molar-refractivity contribution in [3.8, 4) is 0 Å². The average molecular weight is 274 g/mol. The molecule has 0 radical (unpaired) electrons. The van der Waals surface area contributed by atoms with Crippen molar-refractivity contribution in [3.05, 3.63) is 0 Å². The summed E-state index contributed by atoms with van der Waals surface area (Å²) in [6.07, 6.45) is 0.712. The summed E-state index contributed by atoms with van der Waals surface area (Å²) < 4.78 is 59.5. The van der Waals surface area contributed by atoms with E-state index in [4.69, 9.17) is 5.73 Å². The molecule has 9 heteroatoms. The normalized spacial score (nSPS) is 23.6. The van der Waals surface area contributed by atoms with E-state index in [0.29, 0.717) is 17.1 Å². The molecule has 1 amide bonds. The number of carbonyl (C=O) groups excluding carboxylic acids is 1. The first-order chi connectivity index (χ1) is 7.64. The predicted octanol–water partition coefficient (Wildman–Crippen LogP) is 0.423. The maximum absolute atomic E-state index is 12.3. The number of alkyl halides is 3. The quantitative estimate of drug-likeness (QED) is 0.810. The lowest BCUT2D eigenvalue weighted by Crippen LogP contribution is -2.46.